The minimum absolute atomic E-state index is 0.352. The van der Waals surface area contributed by atoms with Gasteiger partial charge in [-0.1, -0.05) is 27.7 Å². The molecule has 0 aliphatic carbocycles. The van der Waals surface area contributed by atoms with Crippen molar-refractivity contribution in [3.05, 3.63) is 24.2 Å². The van der Waals surface area contributed by atoms with Gasteiger partial charge in [0, 0.05) is 24.8 Å². The second kappa shape index (κ2) is 7.20. The largest absolute Gasteiger partial charge is 0.370 e. The van der Waals surface area contributed by atoms with Crippen molar-refractivity contribution in [1.82, 2.24) is 19.7 Å². The standard InChI is InChI=1S/C16H25N5/c1-5-8-17-16-14(12(3)4)15(18-11-19-16)13-7-9-20-21(13)10-6-2/h7,9,11-12H,5-6,8,10H2,1-4H3,(H,17,18,19). The summed E-state index contributed by atoms with van der Waals surface area (Å²) in [5.74, 6) is 1.30. The lowest BCUT2D eigenvalue weighted by Gasteiger charge is -2.17. The van der Waals surface area contributed by atoms with Crippen LogP contribution in [-0.4, -0.2) is 26.3 Å². The van der Waals surface area contributed by atoms with E-state index in [0.717, 1.165) is 43.1 Å². The van der Waals surface area contributed by atoms with Crippen LogP contribution in [0.5, 0.6) is 0 Å². The minimum atomic E-state index is 0.352. The fourth-order valence-corrected chi connectivity index (χ4v) is 2.45. The number of hydrogen-bond acceptors (Lipinski definition) is 4. The van der Waals surface area contributed by atoms with E-state index in [2.05, 4.69) is 48.1 Å². The number of aromatic nitrogens is 4. The zero-order chi connectivity index (χ0) is 15.2. The van der Waals surface area contributed by atoms with Gasteiger partial charge in [-0.05, 0) is 24.8 Å². The highest BCUT2D eigenvalue weighted by atomic mass is 15.3. The van der Waals surface area contributed by atoms with Gasteiger partial charge in [0.25, 0.3) is 0 Å². The van der Waals surface area contributed by atoms with E-state index in [1.165, 1.54) is 5.56 Å². The molecule has 5 heteroatoms. The van der Waals surface area contributed by atoms with E-state index in [9.17, 15) is 0 Å². The van der Waals surface area contributed by atoms with Gasteiger partial charge in [-0.15, -0.1) is 0 Å². The minimum Gasteiger partial charge on any atom is -0.370 e. The molecular weight excluding hydrogens is 262 g/mol. The molecule has 2 aromatic heterocycles. The Kier molecular flexibility index (Phi) is 5.31. The predicted octanol–water partition coefficient (Wildman–Crippen LogP) is 3.70. The van der Waals surface area contributed by atoms with E-state index < -0.39 is 0 Å². The Hall–Kier alpha value is -1.91. The van der Waals surface area contributed by atoms with Crippen LogP contribution in [0, 0.1) is 0 Å². The molecule has 0 amide bonds. The lowest BCUT2D eigenvalue weighted by Crippen LogP contribution is -2.10. The Morgan fingerprint density at radius 1 is 1.19 bits per heavy atom. The van der Waals surface area contributed by atoms with E-state index in [1.54, 1.807) is 6.33 Å². The quantitative estimate of drug-likeness (QED) is 0.843. The molecule has 0 fully saturated rings. The molecule has 21 heavy (non-hydrogen) atoms. The maximum Gasteiger partial charge on any atom is 0.133 e. The first-order valence-electron chi connectivity index (χ1n) is 7.79. The van der Waals surface area contributed by atoms with Gasteiger partial charge >= 0.3 is 0 Å². The van der Waals surface area contributed by atoms with Crippen molar-refractivity contribution >= 4 is 5.82 Å². The first-order chi connectivity index (χ1) is 10.2. The average Bonchev–Trinajstić information content (AvgIpc) is 2.93. The molecule has 0 bridgehead atoms. The predicted molar refractivity (Wildman–Crippen MR) is 86.4 cm³/mol. The third-order valence-electron chi connectivity index (χ3n) is 3.40. The average molecular weight is 287 g/mol. The van der Waals surface area contributed by atoms with E-state index in [-0.39, 0.29) is 0 Å². The summed E-state index contributed by atoms with van der Waals surface area (Å²) in [7, 11) is 0. The normalized spacial score (nSPS) is 11.1. The molecule has 5 nitrogen and oxygen atoms in total. The summed E-state index contributed by atoms with van der Waals surface area (Å²) in [4.78, 5) is 8.97. The Morgan fingerprint density at radius 3 is 2.67 bits per heavy atom. The van der Waals surface area contributed by atoms with E-state index in [0.29, 0.717) is 5.92 Å². The molecule has 0 saturated carbocycles. The lowest BCUT2D eigenvalue weighted by atomic mass is 10.00. The SMILES string of the molecule is CCCNc1ncnc(-c2ccnn2CCC)c1C(C)C. The van der Waals surface area contributed by atoms with Gasteiger partial charge in [-0.3, -0.25) is 4.68 Å². The monoisotopic (exact) mass is 287 g/mol. The second-order valence-corrected chi connectivity index (χ2v) is 5.51. The molecular formula is C16H25N5. The molecule has 0 aliphatic rings. The molecule has 2 heterocycles. The molecule has 0 atom stereocenters. The highest BCUT2D eigenvalue weighted by Crippen LogP contribution is 2.31. The van der Waals surface area contributed by atoms with Gasteiger partial charge in [0.15, 0.2) is 0 Å². The van der Waals surface area contributed by atoms with Gasteiger partial charge in [0.05, 0.1) is 11.4 Å². The first-order valence-corrected chi connectivity index (χ1v) is 7.79. The maximum absolute atomic E-state index is 4.54. The molecule has 2 rings (SSSR count). The number of nitrogens with one attached hydrogen (secondary N) is 1. The van der Waals surface area contributed by atoms with Crippen LogP contribution in [-0.2, 0) is 6.54 Å². The van der Waals surface area contributed by atoms with Crippen LogP contribution in [0.25, 0.3) is 11.4 Å². The van der Waals surface area contributed by atoms with Crippen molar-refractivity contribution < 1.29 is 0 Å². The van der Waals surface area contributed by atoms with Gasteiger partial charge in [0.1, 0.15) is 12.1 Å². The van der Waals surface area contributed by atoms with Crippen molar-refractivity contribution in [2.45, 2.75) is 53.0 Å². The molecule has 114 valence electrons. The van der Waals surface area contributed by atoms with Gasteiger partial charge in [-0.25, -0.2) is 9.97 Å². The highest BCUT2D eigenvalue weighted by Gasteiger charge is 2.18. The smallest absolute Gasteiger partial charge is 0.133 e. The molecule has 0 radical (unpaired) electrons. The molecule has 2 aromatic rings. The van der Waals surface area contributed by atoms with Crippen molar-refractivity contribution in [2.24, 2.45) is 0 Å². The highest BCUT2D eigenvalue weighted by molar-refractivity contribution is 5.66. The third kappa shape index (κ3) is 3.40. The maximum atomic E-state index is 4.54. The molecule has 0 aliphatic heterocycles. The van der Waals surface area contributed by atoms with Crippen molar-refractivity contribution in [1.29, 1.82) is 0 Å². The Balaban J connectivity index is 2.49. The first kappa shape index (κ1) is 15.5. The van der Waals surface area contributed by atoms with Crippen molar-refractivity contribution in [3.8, 4) is 11.4 Å². The zero-order valence-corrected chi connectivity index (χ0v) is 13.4. The summed E-state index contributed by atoms with van der Waals surface area (Å²) in [5, 5.41) is 7.83. The fraction of sp³-hybridized carbons (Fsp3) is 0.562. The van der Waals surface area contributed by atoms with Crippen LogP contribution in [0.1, 0.15) is 52.0 Å². The molecule has 0 unspecified atom stereocenters. The number of anilines is 1. The number of aryl methyl sites for hydroxylation is 1. The third-order valence-corrected chi connectivity index (χ3v) is 3.40. The van der Waals surface area contributed by atoms with Gasteiger partial charge in [0.2, 0.25) is 0 Å². The van der Waals surface area contributed by atoms with E-state index >= 15 is 0 Å². The second-order valence-electron chi connectivity index (χ2n) is 5.51. The van der Waals surface area contributed by atoms with E-state index in [1.807, 2.05) is 16.9 Å². The van der Waals surface area contributed by atoms with Crippen LogP contribution >= 0.6 is 0 Å². The topological polar surface area (TPSA) is 55.6 Å². The summed E-state index contributed by atoms with van der Waals surface area (Å²) in [5.41, 5.74) is 3.23. The zero-order valence-electron chi connectivity index (χ0n) is 13.4. The van der Waals surface area contributed by atoms with Crippen LogP contribution < -0.4 is 5.32 Å². The van der Waals surface area contributed by atoms with Crippen molar-refractivity contribution in [3.63, 3.8) is 0 Å². The number of rotatable bonds is 7. The molecule has 1 N–H and O–H groups in total. The van der Waals surface area contributed by atoms with Crippen molar-refractivity contribution in [2.75, 3.05) is 11.9 Å². The van der Waals surface area contributed by atoms with Crippen LogP contribution in [0.2, 0.25) is 0 Å². The summed E-state index contributed by atoms with van der Waals surface area (Å²) < 4.78 is 2.03. The summed E-state index contributed by atoms with van der Waals surface area (Å²) in [6.07, 6.45) is 5.61. The lowest BCUT2D eigenvalue weighted by molar-refractivity contribution is 0.607. The Morgan fingerprint density at radius 2 is 2.00 bits per heavy atom. The number of nitrogens with zero attached hydrogens (tertiary/aromatic N) is 4. The van der Waals surface area contributed by atoms with Crippen LogP contribution in [0.3, 0.4) is 0 Å². The Bertz CT molecular complexity index is 574. The summed E-state index contributed by atoms with van der Waals surface area (Å²) in [6.45, 7) is 10.5. The summed E-state index contributed by atoms with van der Waals surface area (Å²) in [6, 6.07) is 2.04. The summed E-state index contributed by atoms with van der Waals surface area (Å²) >= 11 is 0. The Labute approximate surface area is 126 Å². The van der Waals surface area contributed by atoms with Crippen LogP contribution in [0.4, 0.5) is 5.82 Å². The number of hydrogen-bond donors (Lipinski definition) is 1. The van der Waals surface area contributed by atoms with Gasteiger partial charge < -0.3 is 5.32 Å². The van der Waals surface area contributed by atoms with Crippen LogP contribution in [0.15, 0.2) is 18.6 Å². The van der Waals surface area contributed by atoms with Gasteiger partial charge in [-0.2, -0.15) is 5.10 Å². The fourth-order valence-electron chi connectivity index (χ4n) is 2.45. The molecule has 0 spiro atoms. The van der Waals surface area contributed by atoms with E-state index in [4.69, 9.17) is 0 Å². The molecule has 0 saturated heterocycles. The molecule has 0 aromatic carbocycles.